The van der Waals surface area contributed by atoms with E-state index in [0.717, 1.165) is 17.7 Å². The molecule has 3 heteroatoms. The summed E-state index contributed by atoms with van der Waals surface area (Å²) in [5.41, 5.74) is 0. The van der Waals surface area contributed by atoms with Crippen molar-refractivity contribution in [1.29, 1.82) is 0 Å². The standard InChI is InChI=1S/C11H22BrNO/c12-6-2-1-3-7-13-8-4-11(10-13)5-9-14/h11,14H,1-10H2. The third-order valence-electron chi connectivity index (χ3n) is 3.02. The van der Waals surface area contributed by atoms with E-state index in [1.165, 1.54) is 45.3 Å². The normalized spacial score (nSPS) is 23.1. The van der Waals surface area contributed by atoms with E-state index in [1.807, 2.05) is 0 Å². The van der Waals surface area contributed by atoms with Crippen LogP contribution in [0.15, 0.2) is 0 Å². The number of unbranched alkanes of at least 4 members (excludes halogenated alkanes) is 2. The zero-order chi connectivity index (χ0) is 10.2. The van der Waals surface area contributed by atoms with Crippen LogP contribution < -0.4 is 0 Å². The lowest BCUT2D eigenvalue weighted by Gasteiger charge is -2.15. The molecule has 0 aromatic heterocycles. The van der Waals surface area contributed by atoms with Crippen molar-refractivity contribution in [2.75, 3.05) is 31.6 Å². The zero-order valence-electron chi connectivity index (χ0n) is 8.92. The predicted molar refractivity (Wildman–Crippen MR) is 63.9 cm³/mol. The summed E-state index contributed by atoms with van der Waals surface area (Å²) in [6.07, 6.45) is 6.26. The van der Waals surface area contributed by atoms with Crippen LogP contribution in [0.1, 0.15) is 32.1 Å². The Kier molecular flexibility index (Phi) is 6.82. The summed E-state index contributed by atoms with van der Waals surface area (Å²) in [5, 5.41) is 9.97. The van der Waals surface area contributed by atoms with Crippen molar-refractivity contribution in [3.63, 3.8) is 0 Å². The Labute approximate surface area is 95.8 Å². The highest BCUT2D eigenvalue weighted by Crippen LogP contribution is 2.19. The quantitative estimate of drug-likeness (QED) is 0.563. The molecule has 1 saturated heterocycles. The number of hydrogen-bond donors (Lipinski definition) is 1. The van der Waals surface area contributed by atoms with Gasteiger partial charge < -0.3 is 10.0 Å². The first kappa shape index (κ1) is 12.5. The molecule has 0 aliphatic carbocycles. The maximum absolute atomic E-state index is 8.84. The van der Waals surface area contributed by atoms with Crippen molar-refractivity contribution < 1.29 is 5.11 Å². The first-order valence-corrected chi connectivity index (χ1v) is 6.88. The van der Waals surface area contributed by atoms with Gasteiger partial charge in [-0.05, 0) is 44.7 Å². The molecule has 0 amide bonds. The topological polar surface area (TPSA) is 23.5 Å². The van der Waals surface area contributed by atoms with Gasteiger partial charge in [0.2, 0.25) is 0 Å². The molecule has 0 aromatic carbocycles. The molecule has 1 unspecified atom stereocenters. The van der Waals surface area contributed by atoms with Gasteiger partial charge in [-0.25, -0.2) is 0 Å². The van der Waals surface area contributed by atoms with Crippen LogP contribution in [0.3, 0.4) is 0 Å². The van der Waals surface area contributed by atoms with Crippen molar-refractivity contribution in [2.45, 2.75) is 32.1 Å². The lowest BCUT2D eigenvalue weighted by molar-refractivity contribution is 0.250. The summed E-state index contributed by atoms with van der Waals surface area (Å²) in [6, 6.07) is 0. The van der Waals surface area contributed by atoms with Gasteiger partial charge in [-0.15, -0.1) is 0 Å². The van der Waals surface area contributed by atoms with Gasteiger partial charge in [0, 0.05) is 18.5 Å². The summed E-state index contributed by atoms with van der Waals surface area (Å²) in [5.74, 6) is 0.760. The molecule has 0 bridgehead atoms. The van der Waals surface area contributed by atoms with Crippen LogP contribution in [0, 0.1) is 5.92 Å². The second kappa shape index (κ2) is 7.66. The molecule has 1 atom stereocenters. The fourth-order valence-electron chi connectivity index (χ4n) is 2.14. The fraction of sp³-hybridized carbons (Fsp3) is 1.00. The molecule has 0 aromatic rings. The molecule has 84 valence electrons. The summed E-state index contributed by atoms with van der Waals surface area (Å²) >= 11 is 3.45. The van der Waals surface area contributed by atoms with Crippen molar-refractivity contribution in [2.24, 2.45) is 5.92 Å². The third kappa shape index (κ3) is 4.76. The molecule has 0 spiro atoms. The number of likely N-dealkylation sites (tertiary alicyclic amines) is 1. The fourth-order valence-corrected chi connectivity index (χ4v) is 2.54. The lowest BCUT2D eigenvalue weighted by atomic mass is 10.1. The third-order valence-corrected chi connectivity index (χ3v) is 3.58. The van der Waals surface area contributed by atoms with Gasteiger partial charge in [-0.1, -0.05) is 22.4 Å². The van der Waals surface area contributed by atoms with E-state index in [2.05, 4.69) is 20.8 Å². The van der Waals surface area contributed by atoms with E-state index < -0.39 is 0 Å². The van der Waals surface area contributed by atoms with Crippen LogP contribution in [0.2, 0.25) is 0 Å². The molecule has 1 heterocycles. The number of aliphatic hydroxyl groups excluding tert-OH is 1. The van der Waals surface area contributed by atoms with Gasteiger partial charge in [-0.2, -0.15) is 0 Å². The molecule has 1 fully saturated rings. The van der Waals surface area contributed by atoms with Crippen LogP contribution >= 0.6 is 15.9 Å². The molecule has 2 nitrogen and oxygen atoms in total. The Hall–Kier alpha value is 0.400. The first-order chi connectivity index (χ1) is 6.86. The molecule has 1 rings (SSSR count). The Morgan fingerprint density at radius 3 is 2.86 bits per heavy atom. The maximum atomic E-state index is 8.84. The Bertz CT molecular complexity index is 143. The average molecular weight is 264 g/mol. The van der Waals surface area contributed by atoms with Crippen molar-refractivity contribution in [1.82, 2.24) is 4.90 Å². The Morgan fingerprint density at radius 1 is 1.29 bits per heavy atom. The Morgan fingerprint density at radius 2 is 2.14 bits per heavy atom. The van der Waals surface area contributed by atoms with E-state index in [1.54, 1.807) is 0 Å². The molecular weight excluding hydrogens is 242 g/mol. The molecule has 0 radical (unpaired) electrons. The zero-order valence-corrected chi connectivity index (χ0v) is 10.5. The van der Waals surface area contributed by atoms with Crippen LogP contribution in [0.4, 0.5) is 0 Å². The first-order valence-electron chi connectivity index (χ1n) is 5.76. The minimum Gasteiger partial charge on any atom is -0.396 e. The summed E-state index contributed by atoms with van der Waals surface area (Å²) in [6.45, 7) is 4.09. The molecule has 1 aliphatic rings. The van der Waals surface area contributed by atoms with Crippen LogP contribution in [0.25, 0.3) is 0 Å². The van der Waals surface area contributed by atoms with Crippen LogP contribution in [-0.4, -0.2) is 41.6 Å². The van der Waals surface area contributed by atoms with Crippen molar-refractivity contribution >= 4 is 15.9 Å². The number of nitrogens with zero attached hydrogens (tertiary/aromatic N) is 1. The summed E-state index contributed by atoms with van der Waals surface area (Å²) in [7, 11) is 0. The molecule has 1 N–H and O–H groups in total. The van der Waals surface area contributed by atoms with E-state index in [-0.39, 0.29) is 0 Å². The minimum absolute atomic E-state index is 0.363. The van der Waals surface area contributed by atoms with Crippen LogP contribution in [0.5, 0.6) is 0 Å². The van der Waals surface area contributed by atoms with Gasteiger partial charge in [0.1, 0.15) is 0 Å². The van der Waals surface area contributed by atoms with Gasteiger partial charge in [-0.3, -0.25) is 0 Å². The highest BCUT2D eigenvalue weighted by Gasteiger charge is 2.20. The molecule has 0 saturated carbocycles. The lowest BCUT2D eigenvalue weighted by Crippen LogP contribution is -2.22. The second-order valence-electron chi connectivity index (χ2n) is 4.22. The smallest absolute Gasteiger partial charge is 0.0434 e. The van der Waals surface area contributed by atoms with Crippen molar-refractivity contribution in [3.05, 3.63) is 0 Å². The highest BCUT2D eigenvalue weighted by atomic mass is 79.9. The predicted octanol–water partition coefficient (Wildman–Crippen LogP) is 2.26. The number of rotatable bonds is 7. The maximum Gasteiger partial charge on any atom is 0.0434 e. The van der Waals surface area contributed by atoms with E-state index in [0.29, 0.717) is 6.61 Å². The monoisotopic (exact) mass is 263 g/mol. The van der Waals surface area contributed by atoms with Gasteiger partial charge >= 0.3 is 0 Å². The van der Waals surface area contributed by atoms with E-state index in [9.17, 15) is 0 Å². The number of hydrogen-bond acceptors (Lipinski definition) is 2. The summed E-state index contributed by atoms with van der Waals surface area (Å²) < 4.78 is 0. The SMILES string of the molecule is OCCC1CCN(CCCCCBr)C1. The van der Waals surface area contributed by atoms with E-state index >= 15 is 0 Å². The highest BCUT2D eigenvalue weighted by molar-refractivity contribution is 9.09. The summed E-state index contributed by atoms with van der Waals surface area (Å²) in [4.78, 5) is 2.55. The largest absolute Gasteiger partial charge is 0.396 e. The molecular formula is C11H22BrNO. The minimum atomic E-state index is 0.363. The Balaban J connectivity index is 1.98. The molecule has 14 heavy (non-hydrogen) atoms. The molecule has 1 aliphatic heterocycles. The van der Waals surface area contributed by atoms with Gasteiger partial charge in [0.25, 0.3) is 0 Å². The van der Waals surface area contributed by atoms with Gasteiger partial charge in [0.15, 0.2) is 0 Å². The van der Waals surface area contributed by atoms with Gasteiger partial charge in [0.05, 0.1) is 0 Å². The number of alkyl halides is 1. The van der Waals surface area contributed by atoms with E-state index in [4.69, 9.17) is 5.11 Å². The second-order valence-corrected chi connectivity index (χ2v) is 5.01. The average Bonchev–Trinajstić information content (AvgIpc) is 2.61. The van der Waals surface area contributed by atoms with Crippen molar-refractivity contribution in [3.8, 4) is 0 Å². The number of halogens is 1. The number of aliphatic hydroxyl groups is 1. The van der Waals surface area contributed by atoms with Crippen LogP contribution in [-0.2, 0) is 0 Å².